The van der Waals surface area contributed by atoms with Crippen molar-refractivity contribution < 1.29 is 14.3 Å². The van der Waals surface area contributed by atoms with E-state index in [0.29, 0.717) is 17.9 Å². The fourth-order valence-electron chi connectivity index (χ4n) is 5.70. The number of carbonyl (C=O) groups is 1. The Balaban J connectivity index is 1.44. The zero-order chi connectivity index (χ0) is 30.2. The van der Waals surface area contributed by atoms with Gasteiger partial charge in [-0.25, -0.2) is 4.39 Å². The summed E-state index contributed by atoms with van der Waals surface area (Å²) in [6.45, 7) is 4.91. The number of H-pyrrole nitrogens is 1. The normalized spacial score (nSPS) is 14.8. The molecule has 0 bridgehead atoms. The molecule has 1 atom stereocenters. The molecule has 4 N–H and O–H groups in total. The van der Waals surface area contributed by atoms with Crippen molar-refractivity contribution in [2.24, 2.45) is 4.99 Å². The molecule has 1 amide bonds. The number of fused-ring (bicyclic) bond motifs is 2. The van der Waals surface area contributed by atoms with E-state index in [1.54, 1.807) is 18.5 Å². The van der Waals surface area contributed by atoms with Gasteiger partial charge < -0.3 is 20.3 Å². The van der Waals surface area contributed by atoms with Crippen molar-refractivity contribution in [2.75, 3.05) is 32.6 Å². The predicted molar refractivity (Wildman–Crippen MR) is 169 cm³/mol. The number of aromatic hydroxyl groups is 1. The van der Waals surface area contributed by atoms with Crippen molar-refractivity contribution in [1.82, 2.24) is 20.2 Å². The molecular formula is C34H33FN6O2. The number of phenolic OH excluding ortho intramolecular Hbond substituents is 1. The van der Waals surface area contributed by atoms with E-state index in [1.807, 2.05) is 49.3 Å². The zero-order valence-corrected chi connectivity index (χ0v) is 24.5. The molecule has 9 heteroatoms. The van der Waals surface area contributed by atoms with Crippen molar-refractivity contribution >= 4 is 28.2 Å². The number of anilines is 1. The van der Waals surface area contributed by atoms with Crippen LogP contribution in [0.1, 0.15) is 35.3 Å². The number of nitrogens with one attached hydrogen (secondary N) is 3. The number of nitrogens with zero attached hydrogens (tertiary/aromatic N) is 3. The number of rotatable bonds is 6. The second kappa shape index (κ2) is 11.4. The maximum Gasteiger partial charge on any atom is 0.238 e. The van der Waals surface area contributed by atoms with Crippen molar-refractivity contribution in [1.29, 1.82) is 0 Å². The van der Waals surface area contributed by atoms with Crippen LogP contribution in [0.2, 0.25) is 0 Å². The maximum absolute atomic E-state index is 14.2. The molecule has 0 fully saturated rings. The van der Waals surface area contributed by atoms with Gasteiger partial charge in [-0.2, -0.15) is 0 Å². The number of aliphatic imine (C=N–C) groups is 1. The summed E-state index contributed by atoms with van der Waals surface area (Å²) in [4.78, 5) is 27.1. The number of amides is 1. The van der Waals surface area contributed by atoms with E-state index in [-0.39, 0.29) is 24.2 Å². The Morgan fingerprint density at radius 3 is 2.67 bits per heavy atom. The van der Waals surface area contributed by atoms with Gasteiger partial charge in [0, 0.05) is 40.3 Å². The van der Waals surface area contributed by atoms with Crippen LogP contribution in [-0.2, 0) is 4.79 Å². The van der Waals surface area contributed by atoms with Gasteiger partial charge in [0.15, 0.2) is 0 Å². The number of hydrogen-bond donors (Lipinski definition) is 4. The highest BCUT2D eigenvalue weighted by Gasteiger charge is 2.23. The van der Waals surface area contributed by atoms with E-state index in [4.69, 9.17) is 4.99 Å². The fourth-order valence-corrected chi connectivity index (χ4v) is 5.70. The molecule has 6 rings (SSSR count). The average molecular weight is 577 g/mol. The number of carbonyl (C=O) groups excluding carboxylic acids is 1. The number of hydrogen-bond acceptors (Lipinski definition) is 6. The van der Waals surface area contributed by atoms with Crippen LogP contribution >= 0.6 is 0 Å². The van der Waals surface area contributed by atoms with E-state index >= 15 is 0 Å². The van der Waals surface area contributed by atoms with Gasteiger partial charge in [-0.1, -0.05) is 18.2 Å². The molecule has 0 aliphatic carbocycles. The number of phenols is 1. The van der Waals surface area contributed by atoms with E-state index in [0.717, 1.165) is 61.8 Å². The van der Waals surface area contributed by atoms with Gasteiger partial charge in [-0.3, -0.25) is 20.1 Å². The van der Waals surface area contributed by atoms with E-state index < -0.39 is 5.82 Å². The highest BCUT2D eigenvalue weighted by atomic mass is 19.1. The predicted octanol–water partition coefficient (Wildman–Crippen LogP) is 6.01. The first-order chi connectivity index (χ1) is 20.7. The van der Waals surface area contributed by atoms with Crippen LogP contribution in [0.15, 0.2) is 78.0 Å². The monoisotopic (exact) mass is 576 g/mol. The molecule has 3 aromatic carbocycles. The van der Waals surface area contributed by atoms with Crippen molar-refractivity contribution in [2.45, 2.75) is 19.9 Å². The van der Waals surface area contributed by atoms with Gasteiger partial charge in [0.2, 0.25) is 5.91 Å². The first-order valence-electron chi connectivity index (χ1n) is 14.1. The Morgan fingerprint density at radius 1 is 1.05 bits per heavy atom. The number of aryl methyl sites for hydroxylation is 1. The molecule has 0 saturated carbocycles. The van der Waals surface area contributed by atoms with Gasteiger partial charge in [-0.15, -0.1) is 0 Å². The standard InChI is InChI=1S/C34H33FN6O2/c1-19-8-28-20(2)37-18-38-34(30(28)13-27(19)22-10-24(16-36-15-22)39-33(43)17-41(3)4)32-14-29-26(6-5-7-31(29)40-32)21-9-23(35)12-25(42)11-21/h5-16,20,37,40,42H,17-18H2,1-4H3,(H,39,43)/t20-/m1/s1. The zero-order valence-electron chi connectivity index (χ0n) is 24.5. The summed E-state index contributed by atoms with van der Waals surface area (Å²) in [5.41, 5.74) is 9.61. The van der Waals surface area contributed by atoms with Gasteiger partial charge in [0.25, 0.3) is 0 Å². The molecule has 0 unspecified atom stereocenters. The first-order valence-corrected chi connectivity index (χ1v) is 14.1. The third-order valence-corrected chi connectivity index (χ3v) is 7.66. The third kappa shape index (κ3) is 5.77. The minimum Gasteiger partial charge on any atom is -0.508 e. The Labute approximate surface area is 249 Å². The lowest BCUT2D eigenvalue weighted by Gasteiger charge is -2.18. The lowest BCUT2D eigenvalue weighted by Crippen LogP contribution is -2.27. The lowest BCUT2D eigenvalue weighted by atomic mass is 9.89. The van der Waals surface area contributed by atoms with E-state index in [9.17, 15) is 14.3 Å². The topological polar surface area (TPSA) is 106 Å². The Bertz CT molecular complexity index is 1870. The van der Waals surface area contributed by atoms with Gasteiger partial charge >= 0.3 is 0 Å². The molecule has 1 aliphatic heterocycles. The molecule has 0 spiro atoms. The molecule has 43 heavy (non-hydrogen) atoms. The molecule has 3 heterocycles. The SMILES string of the molecule is Cc1cc2c(cc1-c1cncc(NC(=O)CN(C)C)c1)C(c1cc3c(-c4cc(O)cc(F)c4)cccc3[nH]1)=NCN[C@@H]2C. The molecule has 218 valence electrons. The third-order valence-electron chi connectivity index (χ3n) is 7.66. The van der Waals surface area contributed by atoms with Crippen molar-refractivity contribution in [3.63, 3.8) is 0 Å². The first kappa shape index (κ1) is 28.3. The quantitative estimate of drug-likeness (QED) is 0.198. The summed E-state index contributed by atoms with van der Waals surface area (Å²) in [7, 11) is 3.70. The molecule has 5 aromatic rings. The van der Waals surface area contributed by atoms with Crippen molar-refractivity contribution in [3.05, 3.63) is 101 Å². The Morgan fingerprint density at radius 2 is 1.88 bits per heavy atom. The molecule has 0 radical (unpaired) electrons. The summed E-state index contributed by atoms with van der Waals surface area (Å²) in [6, 6.07) is 18.2. The second-order valence-electron chi connectivity index (χ2n) is 11.2. The van der Waals surface area contributed by atoms with E-state index in [2.05, 4.69) is 46.6 Å². The van der Waals surface area contributed by atoms with Gasteiger partial charge in [0.1, 0.15) is 11.6 Å². The number of pyridine rings is 1. The van der Waals surface area contributed by atoms with E-state index in [1.165, 1.54) is 6.07 Å². The van der Waals surface area contributed by atoms with Crippen LogP contribution in [-0.4, -0.2) is 58.9 Å². The van der Waals surface area contributed by atoms with Crippen LogP contribution in [0.25, 0.3) is 33.2 Å². The highest BCUT2D eigenvalue weighted by molar-refractivity contribution is 6.16. The highest BCUT2D eigenvalue weighted by Crippen LogP contribution is 2.35. The summed E-state index contributed by atoms with van der Waals surface area (Å²) >= 11 is 0. The molecule has 1 aliphatic rings. The number of benzene rings is 3. The van der Waals surface area contributed by atoms with Crippen molar-refractivity contribution in [3.8, 4) is 28.0 Å². The molecular weight excluding hydrogens is 543 g/mol. The van der Waals surface area contributed by atoms with Crippen LogP contribution in [0.5, 0.6) is 5.75 Å². The summed E-state index contributed by atoms with van der Waals surface area (Å²) in [6.07, 6.45) is 3.45. The second-order valence-corrected chi connectivity index (χ2v) is 11.2. The smallest absolute Gasteiger partial charge is 0.238 e. The fraction of sp³-hybridized carbons (Fsp3) is 0.206. The lowest BCUT2D eigenvalue weighted by molar-refractivity contribution is -0.116. The summed E-state index contributed by atoms with van der Waals surface area (Å²) in [5.74, 6) is -0.726. The van der Waals surface area contributed by atoms with Gasteiger partial charge in [-0.05, 0) is 92.2 Å². The number of halogens is 1. The minimum atomic E-state index is -0.497. The summed E-state index contributed by atoms with van der Waals surface area (Å²) < 4.78 is 14.2. The number of likely N-dealkylation sites (N-methyl/N-ethyl adjacent to an activating group) is 1. The number of aromatic amines is 1. The Kier molecular flexibility index (Phi) is 7.52. The maximum atomic E-state index is 14.2. The van der Waals surface area contributed by atoms with Crippen LogP contribution in [0.3, 0.4) is 0 Å². The molecule has 0 saturated heterocycles. The Hall–Kier alpha value is -4.86. The average Bonchev–Trinajstić information content (AvgIpc) is 3.32. The molecule has 8 nitrogen and oxygen atoms in total. The largest absolute Gasteiger partial charge is 0.508 e. The molecule has 2 aromatic heterocycles. The van der Waals surface area contributed by atoms with Gasteiger partial charge in [0.05, 0.1) is 36.5 Å². The van der Waals surface area contributed by atoms with Crippen LogP contribution < -0.4 is 10.6 Å². The number of aromatic nitrogens is 2. The van der Waals surface area contributed by atoms with Crippen LogP contribution in [0, 0.1) is 12.7 Å². The minimum absolute atomic E-state index is 0.0639. The summed E-state index contributed by atoms with van der Waals surface area (Å²) in [5, 5.41) is 17.4. The van der Waals surface area contributed by atoms with Crippen LogP contribution in [0.4, 0.5) is 10.1 Å².